The number of anilines is 1. The molecule has 3 aliphatic rings. The number of hydrazine groups is 1. The van der Waals surface area contributed by atoms with Crippen LogP contribution in [-0.4, -0.2) is 28.4 Å². The second kappa shape index (κ2) is 13.5. The first kappa shape index (κ1) is 31.2. The maximum Gasteiger partial charge on any atom is 0.142 e. The van der Waals surface area contributed by atoms with Gasteiger partial charge in [0.2, 0.25) is 0 Å². The Morgan fingerprint density at radius 3 is 2.27 bits per heavy atom. The molecule has 0 saturated carbocycles. The van der Waals surface area contributed by atoms with Crippen molar-refractivity contribution in [3.8, 4) is 22.3 Å². The molecular weight excluding hydrogens is 623 g/mol. The van der Waals surface area contributed by atoms with Crippen LogP contribution in [0.2, 0.25) is 0 Å². The summed E-state index contributed by atoms with van der Waals surface area (Å²) in [6.45, 7) is 2.30. The summed E-state index contributed by atoms with van der Waals surface area (Å²) in [4.78, 5) is 8.96. The van der Waals surface area contributed by atoms with Crippen LogP contribution in [0.4, 0.5) is 5.69 Å². The highest BCUT2D eigenvalue weighted by atomic mass is 15.8. The van der Waals surface area contributed by atoms with Crippen molar-refractivity contribution < 1.29 is 0 Å². The lowest BCUT2D eigenvalue weighted by Crippen LogP contribution is -2.29. The highest BCUT2D eigenvalue weighted by Crippen LogP contribution is 2.39. The molecule has 6 atom stereocenters. The van der Waals surface area contributed by atoms with E-state index in [0.29, 0.717) is 5.92 Å². The van der Waals surface area contributed by atoms with Gasteiger partial charge < -0.3 is 10.3 Å². The molecule has 6 unspecified atom stereocenters. The third-order valence-electron chi connectivity index (χ3n) is 10.6. The fourth-order valence-electron chi connectivity index (χ4n) is 7.63. The van der Waals surface area contributed by atoms with Crippen LogP contribution in [-0.2, 0) is 0 Å². The van der Waals surface area contributed by atoms with E-state index in [1.165, 1.54) is 44.2 Å². The largest absolute Gasteiger partial charge is 0.378 e. The SMILES string of the molecule is CC1C(C=NC(c2ccc(-c3ccccc3)cc2)N2NC2C2C=CC=CC2)=CC=CC1Nc1cc2[nH]c3ccccc3c2cc1-c1ccccc1. The number of aromatic nitrogens is 1. The Morgan fingerprint density at radius 1 is 0.745 bits per heavy atom. The number of aliphatic imine (C=N–C) groups is 1. The lowest BCUT2D eigenvalue weighted by molar-refractivity contribution is 0.348. The van der Waals surface area contributed by atoms with Crippen LogP contribution in [0.3, 0.4) is 0 Å². The molecule has 0 amide bonds. The summed E-state index contributed by atoms with van der Waals surface area (Å²) >= 11 is 0. The molecule has 51 heavy (non-hydrogen) atoms. The van der Waals surface area contributed by atoms with Gasteiger partial charge in [0, 0.05) is 51.1 Å². The summed E-state index contributed by atoms with van der Waals surface area (Å²) in [5.74, 6) is 0.625. The fraction of sp³-hybridized carbons (Fsp3) is 0.152. The summed E-state index contributed by atoms with van der Waals surface area (Å²) in [6.07, 6.45) is 18.8. The Kier molecular flexibility index (Phi) is 8.28. The molecule has 5 aromatic carbocycles. The second-order valence-corrected chi connectivity index (χ2v) is 13.8. The first-order valence-corrected chi connectivity index (χ1v) is 18.0. The van der Waals surface area contributed by atoms with E-state index in [1.54, 1.807) is 0 Å². The fourth-order valence-corrected chi connectivity index (χ4v) is 7.63. The van der Waals surface area contributed by atoms with Crippen molar-refractivity contribution in [1.82, 2.24) is 15.4 Å². The maximum atomic E-state index is 5.31. The summed E-state index contributed by atoms with van der Waals surface area (Å²) in [5, 5.41) is 8.73. The van der Waals surface area contributed by atoms with Crippen molar-refractivity contribution in [3.05, 3.63) is 175 Å². The molecule has 1 fully saturated rings. The van der Waals surface area contributed by atoms with Crippen LogP contribution in [0, 0.1) is 11.8 Å². The number of nitrogens with zero attached hydrogens (tertiary/aromatic N) is 2. The van der Waals surface area contributed by atoms with E-state index >= 15 is 0 Å². The molecule has 9 rings (SSSR count). The minimum absolute atomic E-state index is 0.0932. The van der Waals surface area contributed by atoms with E-state index in [9.17, 15) is 0 Å². The predicted octanol–water partition coefficient (Wildman–Crippen LogP) is 10.6. The molecule has 250 valence electrons. The van der Waals surface area contributed by atoms with Crippen molar-refractivity contribution in [1.29, 1.82) is 0 Å². The van der Waals surface area contributed by atoms with Gasteiger partial charge in [-0.2, -0.15) is 5.01 Å². The number of hydrogen-bond acceptors (Lipinski definition) is 4. The molecule has 5 nitrogen and oxygen atoms in total. The van der Waals surface area contributed by atoms with Crippen molar-refractivity contribution in [2.45, 2.75) is 31.7 Å². The topological polar surface area (TPSA) is 65.1 Å². The number of allylic oxidation sites excluding steroid dienone is 5. The summed E-state index contributed by atoms with van der Waals surface area (Å²) in [7, 11) is 0. The Labute approximate surface area is 299 Å². The van der Waals surface area contributed by atoms with E-state index in [0.717, 1.165) is 23.1 Å². The molecule has 0 radical (unpaired) electrons. The van der Waals surface area contributed by atoms with E-state index < -0.39 is 0 Å². The smallest absolute Gasteiger partial charge is 0.142 e. The molecule has 0 spiro atoms. The van der Waals surface area contributed by atoms with Gasteiger partial charge in [-0.1, -0.05) is 153 Å². The number of rotatable bonds is 9. The number of aromatic amines is 1. The molecule has 6 aromatic rings. The predicted molar refractivity (Wildman–Crippen MR) is 213 cm³/mol. The van der Waals surface area contributed by atoms with Crippen LogP contribution in [0.1, 0.15) is 25.1 Å². The van der Waals surface area contributed by atoms with E-state index in [4.69, 9.17) is 4.99 Å². The highest BCUT2D eigenvalue weighted by Gasteiger charge is 2.44. The second-order valence-electron chi connectivity index (χ2n) is 13.8. The van der Waals surface area contributed by atoms with E-state index in [2.05, 4.69) is 198 Å². The van der Waals surface area contributed by atoms with Crippen LogP contribution in [0.15, 0.2) is 174 Å². The lowest BCUT2D eigenvalue weighted by atomic mass is 9.88. The first-order chi connectivity index (χ1) is 25.2. The first-order valence-electron chi connectivity index (χ1n) is 18.0. The minimum Gasteiger partial charge on any atom is -0.378 e. The molecule has 5 heteroatoms. The zero-order chi connectivity index (χ0) is 34.1. The number of H-pyrrole nitrogens is 1. The zero-order valence-corrected chi connectivity index (χ0v) is 28.7. The minimum atomic E-state index is -0.140. The Balaban J connectivity index is 0.999. The van der Waals surface area contributed by atoms with Gasteiger partial charge in [-0.15, -0.1) is 0 Å². The molecule has 3 N–H and O–H groups in total. The van der Waals surface area contributed by atoms with Gasteiger partial charge in [-0.05, 0) is 52.4 Å². The molecule has 0 bridgehead atoms. The molecule has 1 saturated heterocycles. The van der Waals surface area contributed by atoms with Gasteiger partial charge in [0.15, 0.2) is 0 Å². The number of hydrogen-bond donors (Lipinski definition) is 3. The summed E-state index contributed by atoms with van der Waals surface area (Å²) in [5.41, 5.74) is 14.2. The molecular formula is C46H41N5. The van der Waals surface area contributed by atoms with Crippen LogP contribution in [0.25, 0.3) is 44.1 Å². The Bertz CT molecular complexity index is 2330. The zero-order valence-electron chi connectivity index (χ0n) is 28.7. The number of nitrogens with one attached hydrogen (secondary N) is 3. The van der Waals surface area contributed by atoms with Gasteiger partial charge in [-0.3, -0.25) is 4.99 Å². The van der Waals surface area contributed by atoms with Crippen molar-refractivity contribution in [2.24, 2.45) is 16.8 Å². The third-order valence-corrected chi connectivity index (χ3v) is 10.6. The Morgan fingerprint density at radius 2 is 1.49 bits per heavy atom. The maximum absolute atomic E-state index is 5.31. The van der Waals surface area contributed by atoms with Gasteiger partial charge in [-0.25, -0.2) is 5.43 Å². The summed E-state index contributed by atoms with van der Waals surface area (Å²) < 4.78 is 0. The Hall–Kier alpha value is -5.75. The highest BCUT2D eigenvalue weighted by molar-refractivity contribution is 6.10. The van der Waals surface area contributed by atoms with Gasteiger partial charge in [0.05, 0.1) is 12.2 Å². The monoisotopic (exact) mass is 663 g/mol. The van der Waals surface area contributed by atoms with Gasteiger partial charge in [0.25, 0.3) is 0 Å². The number of para-hydroxylation sites is 1. The quantitative estimate of drug-likeness (QED) is 0.107. The summed E-state index contributed by atoms with van der Waals surface area (Å²) in [6, 6.07) is 43.4. The average Bonchev–Trinajstić information content (AvgIpc) is 3.90. The van der Waals surface area contributed by atoms with Crippen LogP contribution >= 0.6 is 0 Å². The van der Waals surface area contributed by atoms with Crippen LogP contribution in [0.5, 0.6) is 0 Å². The van der Waals surface area contributed by atoms with Gasteiger partial charge in [0.1, 0.15) is 6.17 Å². The normalized spacial score (nSPS) is 23.2. The standard InChI is InChI=1S/C46H41N5/c1-31-37(30-47-45(51-46(50-51)35-18-9-4-10-19-35)36-26-24-33(25-27-36)32-14-5-2-6-15-32)20-13-23-41(31)48-43-29-44-40(38-21-11-12-22-42(38)49-44)28-39(43)34-16-7-3-8-17-34/h2-18,20-31,35,41,45-46,48-50H,19H2,1H3. The van der Waals surface area contributed by atoms with E-state index in [-0.39, 0.29) is 24.3 Å². The molecule has 1 aliphatic heterocycles. The molecule has 1 aromatic heterocycles. The lowest BCUT2D eigenvalue weighted by Gasteiger charge is -2.28. The third kappa shape index (κ3) is 6.27. The van der Waals surface area contributed by atoms with Gasteiger partial charge >= 0.3 is 0 Å². The molecule has 2 aliphatic carbocycles. The number of fused-ring (bicyclic) bond motifs is 3. The number of benzene rings is 5. The van der Waals surface area contributed by atoms with E-state index in [1.807, 2.05) is 0 Å². The van der Waals surface area contributed by atoms with Crippen LogP contribution < -0.4 is 10.7 Å². The molecule has 2 heterocycles. The van der Waals surface area contributed by atoms with Crippen molar-refractivity contribution >= 4 is 33.7 Å². The van der Waals surface area contributed by atoms with Crippen molar-refractivity contribution in [3.63, 3.8) is 0 Å². The van der Waals surface area contributed by atoms with Crippen molar-refractivity contribution in [2.75, 3.05) is 5.32 Å². The average molecular weight is 664 g/mol.